The van der Waals surface area contributed by atoms with Crippen molar-refractivity contribution in [3.05, 3.63) is 17.2 Å². The van der Waals surface area contributed by atoms with Gasteiger partial charge in [-0.1, -0.05) is 11.8 Å². The van der Waals surface area contributed by atoms with Crippen LogP contribution in [-0.4, -0.2) is 59.2 Å². The zero-order chi connectivity index (χ0) is 20.0. The number of carboxylic acids is 1. The lowest BCUT2D eigenvalue weighted by Gasteiger charge is -2.20. The smallest absolute Gasteiger partial charge is 0.230 e. The van der Waals surface area contributed by atoms with E-state index in [1.807, 2.05) is 0 Å². The molecular formula is C15H18N5O6S-. The van der Waals surface area contributed by atoms with Gasteiger partial charge < -0.3 is 29.4 Å². The number of tetrazole rings is 1. The minimum atomic E-state index is -1.43. The second-order valence-corrected chi connectivity index (χ2v) is 6.05. The molecule has 1 aromatic carbocycles. The SMILES string of the molecule is COc1cc(C(=O)[O-])c(CNC(=O)CSc2nnnn2C)c(OC)c1OC. The molecule has 0 saturated carbocycles. The summed E-state index contributed by atoms with van der Waals surface area (Å²) in [4.78, 5) is 23.6. The molecule has 0 fully saturated rings. The molecule has 0 aliphatic heterocycles. The fourth-order valence-corrected chi connectivity index (χ4v) is 2.96. The lowest BCUT2D eigenvalue weighted by atomic mass is 10.0. The van der Waals surface area contributed by atoms with Crippen LogP contribution in [-0.2, 0) is 18.4 Å². The summed E-state index contributed by atoms with van der Waals surface area (Å²) >= 11 is 1.14. The highest BCUT2D eigenvalue weighted by atomic mass is 32.2. The van der Waals surface area contributed by atoms with Crippen molar-refractivity contribution in [2.24, 2.45) is 7.05 Å². The molecule has 0 aliphatic carbocycles. The first-order valence-electron chi connectivity index (χ1n) is 7.57. The van der Waals surface area contributed by atoms with Crippen LogP contribution in [0.25, 0.3) is 0 Å². The second kappa shape index (κ2) is 9.07. The monoisotopic (exact) mass is 396 g/mol. The number of aromatic carboxylic acids is 1. The van der Waals surface area contributed by atoms with Gasteiger partial charge in [0.05, 0.1) is 33.1 Å². The zero-order valence-electron chi connectivity index (χ0n) is 15.1. The largest absolute Gasteiger partial charge is 0.545 e. The molecule has 27 heavy (non-hydrogen) atoms. The number of amides is 1. The van der Waals surface area contributed by atoms with Crippen molar-refractivity contribution in [1.82, 2.24) is 25.5 Å². The van der Waals surface area contributed by atoms with E-state index in [4.69, 9.17) is 14.2 Å². The summed E-state index contributed by atoms with van der Waals surface area (Å²) in [6, 6.07) is 1.26. The van der Waals surface area contributed by atoms with Crippen molar-refractivity contribution in [2.75, 3.05) is 27.1 Å². The summed E-state index contributed by atoms with van der Waals surface area (Å²) in [6.07, 6.45) is 0. The van der Waals surface area contributed by atoms with Crippen LogP contribution in [0.3, 0.4) is 0 Å². The molecule has 12 heteroatoms. The van der Waals surface area contributed by atoms with Gasteiger partial charge >= 0.3 is 0 Å². The van der Waals surface area contributed by atoms with Crippen molar-refractivity contribution in [3.63, 3.8) is 0 Å². The van der Waals surface area contributed by atoms with Crippen LogP contribution in [0.2, 0.25) is 0 Å². The molecule has 11 nitrogen and oxygen atoms in total. The number of carbonyl (C=O) groups is 2. The zero-order valence-corrected chi connectivity index (χ0v) is 16.0. The number of hydrogen-bond donors (Lipinski definition) is 1. The van der Waals surface area contributed by atoms with E-state index in [9.17, 15) is 14.7 Å². The van der Waals surface area contributed by atoms with Crippen molar-refractivity contribution in [1.29, 1.82) is 0 Å². The van der Waals surface area contributed by atoms with Crippen molar-refractivity contribution in [2.45, 2.75) is 11.7 Å². The number of carbonyl (C=O) groups excluding carboxylic acids is 2. The summed E-state index contributed by atoms with van der Waals surface area (Å²) in [7, 11) is 5.78. The molecule has 1 amide bonds. The Kier molecular flexibility index (Phi) is 6.82. The first-order chi connectivity index (χ1) is 12.9. The van der Waals surface area contributed by atoms with E-state index >= 15 is 0 Å². The maximum atomic E-state index is 12.1. The Bertz CT molecular complexity index is 840. The molecular weight excluding hydrogens is 378 g/mol. The normalized spacial score (nSPS) is 10.4. The standard InChI is InChI=1S/C15H19N5O6S/c1-20-15(17-18-19-20)27-7-11(21)16-6-9-8(14(22)23)5-10(24-2)13(26-4)12(9)25-3/h5H,6-7H2,1-4H3,(H,16,21)(H,22,23)/p-1. The maximum absolute atomic E-state index is 12.1. The molecule has 0 spiro atoms. The Balaban J connectivity index is 2.19. The van der Waals surface area contributed by atoms with Crippen LogP contribution in [0.15, 0.2) is 11.2 Å². The quantitative estimate of drug-likeness (QED) is 0.525. The molecule has 0 unspecified atom stereocenters. The molecule has 0 aliphatic rings. The number of aryl methyl sites for hydroxylation is 1. The van der Waals surface area contributed by atoms with Gasteiger partial charge in [0.25, 0.3) is 0 Å². The van der Waals surface area contributed by atoms with Gasteiger partial charge in [0.15, 0.2) is 11.5 Å². The van der Waals surface area contributed by atoms with Crippen LogP contribution >= 0.6 is 11.8 Å². The third kappa shape index (κ3) is 4.58. The third-order valence-corrected chi connectivity index (χ3v) is 4.54. The summed E-state index contributed by atoms with van der Waals surface area (Å²) < 4.78 is 17.1. The first-order valence-corrected chi connectivity index (χ1v) is 8.56. The number of nitrogens with one attached hydrogen (secondary N) is 1. The number of methoxy groups -OCH3 is 3. The molecule has 1 aromatic heterocycles. The number of carboxylic acid groups (broad SMARTS) is 1. The van der Waals surface area contributed by atoms with E-state index in [1.165, 1.54) is 32.1 Å². The number of benzene rings is 1. The lowest BCUT2D eigenvalue weighted by Crippen LogP contribution is -2.29. The molecule has 0 bridgehead atoms. The number of aromatic nitrogens is 4. The average molecular weight is 396 g/mol. The van der Waals surface area contributed by atoms with Gasteiger partial charge in [-0.05, 0) is 16.5 Å². The summed E-state index contributed by atoms with van der Waals surface area (Å²) in [6.45, 7) is -0.108. The number of rotatable bonds is 9. The van der Waals surface area contributed by atoms with Crippen LogP contribution < -0.4 is 24.6 Å². The van der Waals surface area contributed by atoms with Crippen molar-refractivity contribution >= 4 is 23.6 Å². The number of hydrogen-bond acceptors (Lipinski definition) is 10. The van der Waals surface area contributed by atoms with E-state index in [0.29, 0.717) is 5.16 Å². The van der Waals surface area contributed by atoms with E-state index in [0.717, 1.165) is 11.8 Å². The highest BCUT2D eigenvalue weighted by molar-refractivity contribution is 7.99. The van der Waals surface area contributed by atoms with Gasteiger partial charge in [0.1, 0.15) is 0 Å². The molecule has 2 aromatic rings. The fraction of sp³-hybridized carbons (Fsp3) is 0.400. The number of nitrogens with zero attached hydrogens (tertiary/aromatic N) is 4. The molecule has 1 heterocycles. The molecule has 0 saturated heterocycles. The van der Waals surface area contributed by atoms with Crippen molar-refractivity contribution in [3.8, 4) is 17.2 Å². The van der Waals surface area contributed by atoms with Crippen LogP contribution in [0, 0.1) is 0 Å². The van der Waals surface area contributed by atoms with Gasteiger partial charge in [-0.25, -0.2) is 4.68 Å². The minimum Gasteiger partial charge on any atom is -0.545 e. The van der Waals surface area contributed by atoms with Crippen molar-refractivity contribution < 1.29 is 28.9 Å². The third-order valence-electron chi connectivity index (χ3n) is 3.53. The van der Waals surface area contributed by atoms with Gasteiger partial charge in [-0.3, -0.25) is 4.79 Å². The highest BCUT2D eigenvalue weighted by Gasteiger charge is 2.21. The van der Waals surface area contributed by atoms with Crippen LogP contribution in [0.1, 0.15) is 15.9 Å². The molecule has 0 atom stereocenters. The second-order valence-electron chi connectivity index (χ2n) is 5.11. The van der Waals surface area contributed by atoms with Gasteiger partial charge in [-0.15, -0.1) is 5.10 Å². The van der Waals surface area contributed by atoms with E-state index < -0.39 is 5.97 Å². The molecule has 146 valence electrons. The lowest BCUT2D eigenvalue weighted by molar-refractivity contribution is -0.255. The highest BCUT2D eigenvalue weighted by Crippen LogP contribution is 2.41. The van der Waals surface area contributed by atoms with Gasteiger partial charge in [0.2, 0.25) is 16.8 Å². The fourth-order valence-electron chi connectivity index (χ4n) is 2.29. The predicted molar refractivity (Wildman–Crippen MR) is 91.8 cm³/mol. The Morgan fingerprint density at radius 2 is 1.93 bits per heavy atom. The number of thioether (sulfide) groups is 1. The summed E-state index contributed by atoms with van der Waals surface area (Å²) in [5.74, 6) is -1.20. The van der Waals surface area contributed by atoms with E-state index in [1.54, 1.807) is 7.05 Å². The molecule has 0 radical (unpaired) electrons. The maximum Gasteiger partial charge on any atom is 0.230 e. The van der Waals surface area contributed by atoms with Crippen LogP contribution in [0.5, 0.6) is 17.2 Å². The first kappa shape index (κ1) is 20.3. The minimum absolute atomic E-state index is 0.0461. The molecule has 1 N–H and O–H groups in total. The molecule has 2 rings (SSSR count). The Labute approximate surface area is 159 Å². The van der Waals surface area contributed by atoms with E-state index in [2.05, 4.69) is 20.8 Å². The Hall–Kier alpha value is -3.02. The van der Waals surface area contributed by atoms with Gasteiger partial charge in [-0.2, -0.15) is 0 Å². The summed E-state index contributed by atoms with van der Waals surface area (Å²) in [5.41, 5.74) is 0.0313. The number of ether oxygens (including phenoxy) is 3. The topological polar surface area (TPSA) is 141 Å². The predicted octanol–water partition coefficient (Wildman–Crippen LogP) is -0.992. The van der Waals surface area contributed by atoms with Gasteiger partial charge in [0, 0.05) is 24.7 Å². The Morgan fingerprint density at radius 1 is 1.22 bits per heavy atom. The van der Waals surface area contributed by atoms with E-state index in [-0.39, 0.29) is 46.6 Å². The Morgan fingerprint density at radius 3 is 2.44 bits per heavy atom. The van der Waals surface area contributed by atoms with Crippen LogP contribution in [0.4, 0.5) is 0 Å². The summed E-state index contributed by atoms with van der Waals surface area (Å²) in [5, 5.41) is 25.5. The average Bonchev–Trinajstić information content (AvgIpc) is 3.07.